The molecule has 12 heteroatoms. The first-order valence-electron chi connectivity index (χ1n) is 11.7. The SMILES string of the molecule is C=CCCCCC[C@H](C)C(=O)O.C=CCOC(=O)CC[C@H](N)C(=O)O.C=CCOC(=O)C[C@H](N)C(=O)O. The van der Waals surface area contributed by atoms with Gasteiger partial charge in [0, 0.05) is 6.42 Å². The molecule has 0 aliphatic heterocycles. The zero-order valence-corrected chi connectivity index (χ0v) is 21.5. The van der Waals surface area contributed by atoms with Crippen LogP contribution in [0.25, 0.3) is 0 Å². The van der Waals surface area contributed by atoms with Gasteiger partial charge in [0.2, 0.25) is 0 Å². The van der Waals surface area contributed by atoms with Gasteiger partial charge in [-0.1, -0.05) is 51.2 Å². The van der Waals surface area contributed by atoms with E-state index in [9.17, 15) is 24.0 Å². The fraction of sp³-hybridized carbons (Fsp3) is 0.560. The van der Waals surface area contributed by atoms with E-state index in [1.165, 1.54) is 12.2 Å². The first-order valence-corrected chi connectivity index (χ1v) is 11.7. The summed E-state index contributed by atoms with van der Waals surface area (Å²) in [6.45, 7) is 12.3. The third kappa shape index (κ3) is 28.6. The maximum Gasteiger partial charge on any atom is 0.321 e. The number of esters is 2. The molecule has 0 amide bonds. The average Bonchev–Trinajstić information content (AvgIpc) is 2.84. The van der Waals surface area contributed by atoms with Crippen LogP contribution in [0.4, 0.5) is 0 Å². The number of hydrogen-bond donors (Lipinski definition) is 5. The van der Waals surface area contributed by atoms with Crippen molar-refractivity contribution >= 4 is 29.8 Å². The lowest BCUT2D eigenvalue weighted by molar-refractivity contribution is -0.148. The predicted octanol–water partition coefficient (Wildman–Crippen LogP) is 2.27. The van der Waals surface area contributed by atoms with E-state index < -0.39 is 41.9 Å². The van der Waals surface area contributed by atoms with Crippen LogP contribution in [0.5, 0.6) is 0 Å². The minimum absolute atomic E-state index is 0.0152. The van der Waals surface area contributed by atoms with Gasteiger partial charge in [0.25, 0.3) is 0 Å². The van der Waals surface area contributed by atoms with Gasteiger partial charge in [-0.3, -0.25) is 24.0 Å². The topological polar surface area (TPSA) is 217 Å². The van der Waals surface area contributed by atoms with Crippen molar-refractivity contribution in [2.75, 3.05) is 13.2 Å². The number of carbonyl (C=O) groups excluding carboxylic acids is 2. The summed E-state index contributed by atoms with van der Waals surface area (Å²) >= 11 is 0. The molecular weight excluding hydrogens is 488 g/mol. The van der Waals surface area contributed by atoms with Crippen molar-refractivity contribution in [2.24, 2.45) is 17.4 Å². The number of carboxylic acids is 3. The number of carbonyl (C=O) groups is 5. The maximum atomic E-state index is 10.8. The highest BCUT2D eigenvalue weighted by molar-refractivity contribution is 5.81. The van der Waals surface area contributed by atoms with Crippen LogP contribution in [0.15, 0.2) is 38.0 Å². The third-order valence-electron chi connectivity index (χ3n) is 4.37. The van der Waals surface area contributed by atoms with Crippen LogP contribution in [0.1, 0.15) is 58.3 Å². The molecule has 7 N–H and O–H groups in total. The van der Waals surface area contributed by atoms with Crippen LogP contribution in [-0.2, 0) is 33.4 Å². The van der Waals surface area contributed by atoms with E-state index >= 15 is 0 Å². The van der Waals surface area contributed by atoms with Gasteiger partial charge in [0.05, 0.1) is 12.3 Å². The van der Waals surface area contributed by atoms with Gasteiger partial charge in [0.1, 0.15) is 25.3 Å². The summed E-state index contributed by atoms with van der Waals surface area (Å²) < 4.78 is 9.13. The number of hydrogen-bond acceptors (Lipinski definition) is 9. The molecule has 0 rings (SSSR count). The Morgan fingerprint density at radius 3 is 1.68 bits per heavy atom. The van der Waals surface area contributed by atoms with E-state index in [4.69, 9.17) is 26.8 Å². The number of aliphatic carboxylic acids is 3. The maximum absolute atomic E-state index is 10.8. The summed E-state index contributed by atoms with van der Waals surface area (Å²) in [6.07, 6.45) is 9.63. The first kappa shape index (κ1) is 38.0. The summed E-state index contributed by atoms with van der Waals surface area (Å²) in [4.78, 5) is 52.3. The number of ether oxygens (including phenoxy) is 2. The van der Waals surface area contributed by atoms with E-state index in [1.54, 1.807) is 6.92 Å². The summed E-state index contributed by atoms with van der Waals surface area (Å²) in [5.41, 5.74) is 10.2. The molecule has 0 radical (unpaired) electrons. The smallest absolute Gasteiger partial charge is 0.321 e. The molecule has 0 saturated carbocycles. The van der Waals surface area contributed by atoms with E-state index in [0.717, 1.165) is 32.1 Å². The standard InChI is InChI=1S/C10H18O2.C8H13NO4.C7H11NO4/c1-3-4-5-6-7-8-9(2)10(11)12;1-2-5-13-7(10)4-3-6(9)8(11)12;1-2-3-12-6(9)4-5(8)7(10)11/h3,9H,1,4-8H2,2H3,(H,11,12);2,6H,1,3-5,9H2,(H,11,12);2,5H,1,3-4,8H2,(H,10,11)/t9-;6-;5-/m000/s1. The average molecular weight is 531 g/mol. The van der Waals surface area contributed by atoms with Gasteiger partial charge < -0.3 is 36.3 Å². The van der Waals surface area contributed by atoms with Gasteiger partial charge in [-0.2, -0.15) is 0 Å². The Balaban J connectivity index is -0.000000469. The van der Waals surface area contributed by atoms with E-state index in [2.05, 4.69) is 29.2 Å². The second-order valence-electron chi connectivity index (χ2n) is 7.74. The van der Waals surface area contributed by atoms with Crippen LogP contribution in [0.3, 0.4) is 0 Å². The zero-order valence-electron chi connectivity index (χ0n) is 21.5. The van der Waals surface area contributed by atoms with Crippen LogP contribution in [-0.4, -0.2) is 70.5 Å². The Labute approximate surface area is 218 Å². The second-order valence-corrected chi connectivity index (χ2v) is 7.74. The fourth-order valence-corrected chi connectivity index (χ4v) is 2.14. The molecule has 0 aromatic carbocycles. The molecular formula is C25H42N2O10. The Kier molecular flexibility index (Phi) is 26.3. The largest absolute Gasteiger partial charge is 0.481 e. The van der Waals surface area contributed by atoms with Crippen molar-refractivity contribution < 1.29 is 48.8 Å². The first-order chi connectivity index (χ1) is 17.3. The summed E-state index contributed by atoms with van der Waals surface area (Å²) in [6, 6.07) is -2.20. The van der Waals surface area contributed by atoms with E-state index in [1.807, 2.05) is 6.08 Å². The van der Waals surface area contributed by atoms with Crippen LogP contribution in [0, 0.1) is 5.92 Å². The van der Waals surface area contributed by atoms with Crippen LogP contribution in [0.2, 0.25) is 0 Å². The van der Waals surface area contributed by atoms with E-state index in [0.29, 0.717) is 0 Å². The molecule has 0 heterocycles. The highest BCUT2D eigenvalue weighted by Crippen LogP contribution is 2.10. The number of allylic oxidation sites excluding steroid dienone is 1. The molecule has 0 spiro atoms. The Bertz CT molecular complexity index is 724. The Hall–Kier alpha value is -3.51. The second kappa shape index (κ2) is 25.6. The highest BCUT2D eigenvalue weighted by Gasteiger charge is 2.16. The molecule has 0 aliphatic rings. The third-order valence-corrected chi connectivity index (χ3v) is 4.37. The number of rotatable bonds is 18. The van der Waals surface area contributed by atoms with E-state index in [-0.39, 0.29) is 38.4 Å². The van der Waals surface area contributed by atoms with Crippen LogP contribution >= 0.6 is 0 Å². The molecule has 0 unspecified atom stereocenters. The zero-order chi connectivity index (χ0) is 29.2. The quantitative estimate of drug-likeness (QED) is 0.0979. The number of nitrogens with two attached hydrogens (primary N) is 2. The van der Waals surface area contributed by atoms with Crippen LogP contribution < -0.4 is 11.5 Å². The van der Waals surface area contributed by atoms with Gasteiger partial charge in [-0.15, -0.1) is 6.58 Å². The Morgan fingerprint density at radius 1 is 0.730 bits per heavy atom. The lowest BCUT2D eigenvalue weighted by Gasteiger charge is -2.05. The van der Waals surface area contributed by atoms with Crippen molar-refractivity contribution in [3.8, 4) is 0 Å². The molecule has 0 bridgehead atoms. The lowest BCUT2D eigenvalue weighted by atomic mass is 10.0. The lowest BCUT2D eigenvalue weighted by Crippen LogP contribution is -2.33. The summed E-state index contributed by atoms with van der Waals surface area (Å²) in [5, 5.41) is 25.2. The normalized spacial score (nSPS) is 12.0. The number of unbranched alkanes of at least 4 members (excludes halogenated alkanes) is 3. The molecule has 37 heavy (non-hydrogen) atoms. The minimum atomic E-state index is -1.22. The van der Waals surface area contributed by atoms with Crippen molar-refractivity contribution in [1.82, 2.24) is 0 Å². The molecule has 0 aliphatic carbocycles. The Morgan fingerprint density at radius 2 is 1.24 bits per heavy atom. The van der Waals surface area contributed by atoms with Crippen molar-refractivity contribution in [3.05, 3.63) is 38.0 Å². The van der Waals surface area contributed by atoms with Gasteiger partial charge in [-0.25, -0.2) is 0 Å². The molecule has 0 saturated heterocycles. The van der Waals surface area contributed by atoms with Crippen molar-refractivity contribution in [2.45, 2.75) is 70.4 Å². The van der Waals surface area contributed by atoms with Gasteiger partial charge in [-0.05, 0) is 25.7 Å². The minimum Gasteiger partial charge on any atom is -0.481 e. The van der Waals surface area contributed by atoms with Gasteiger partial charge >= 0.3 is 29.8 Å². The summed E-state index contributed by atoms with van der Waals surface area (Å²) in [7, 11) is 0. The molecule has 0 fully saturated rings. The molecule has 12 nitrogen and oxygen atoms in total. The molecule has 0 aromatic rings. The monoisotopic (exact) mass is 530 g/mol. The highest BCUT2D eigenvalue weighted by atomic mass is 16.5. The predicted molar refractivity (Wildman–Crippen MR) is 137 cm³/mol. The van der Waals surface area contributed by atoms with Crippen molar-refractivity contribution in [3.63, 3.8) is 0 Å². The number of carboxylic acid groups (broad SMARTS) is 3. The molecule has 212 valence electrons. The fourth-order valence-electron chi connectivity index (χ4n) is 2.14. The molecule has 3 atom stereocenters. The molecule has 0 aromatic heterocycles. The van der Waals surface area contributed by atoms with Crippen molar-refractivity contribution in [1.29, 1.82) is 0 Å². The van der Waals surface area contributed by atoms with Gasteiger partial charge in [0.15, 0.2) is 0 Å². The summed E-state index contributed by atoms with van der Waals surface area (Å²) in [5.74, 6) is -4.30.